The molecular formula is C20H30IN7O2. The number of carbonyl (C=O) groups is 2. The number of fused-ring (bicyclic) bond motifs is 5. The first-order chi connectivity index (χ1) is 14.2. The van der Waals surface area contributed by atoms with Gasteiger partial charge in [-0.3, -0.25) is 19.5 Å². The van der Waals surface area contributed by atoms with Crippen molar-refractivity contribution in [1.82, 2.24) is 30.3 Å². The molecular weight excluding hydrogens is 497 g/mol. The van der Waals surface area contributed by atoms with Gasteiger partial charge in [-0.2, -0.15) is 0 Å². The number of carbonyl (C=O) groups excluding carboxylic acids is 2. The summed E-state index contributed by atoms with van der Waals surface area (Å²) in [6, 6.07) is 0. The van der Waals surface area contributed by atoms with Gasteiger partial charge in [0.25, 0.3) is 0 Å². The summed E-state index contributed by atoms with van der Waals surface area (Å²) >= 11 is 0. The molecule has 2 aliphatic carbocycles. The summed E-state index contributed by atoms with van der Waals surface area (Å²) in [5.41, 5.74) is 0. The van der Waals surface area contributed by atoms with E-state index in [4.69, 9.17) is 0 Å². The number of aryl methyl sites for hydroxylation is 1. The van der Waals surface area contributed by atoms with Gasteiger partial charge in [-0.05, 0) is 37.5 Å². The first kappa shape index (κ1) is 22.7. The average Bonchev–Trinajstić information content (AvgIpc) is 3.50. The van der Waals surface area contributed by atoms with Gasteiger partial charge in [0.15, 0.2) is 5.96 Å². The lowest BCUT2D eigenvalue weighted by Gasteiger charge is -2.18. The van der Waals surface area contributed by atoms with Gasteiger partial charge in [0.2, 0.25) is 11.8 Å². The Morgan fingerprint density at radius 3 is 2.20 bits per heavy atom. The molecule has 2 heterocycles. The van der Waals surface area contributed by atoms with E-state index in [2.05, 4.69) is 38.0 Å². The number of nitrogens with zero attached hydrogens (tertiary/aromatic N) is 5. The minimum Gasteiger partial charge on any atom is -0.356 e. The molecule has 4 unspecified atom stereocenters. The number of hydrogen-bond donors (Lipinski definition) is 2. The first-order valence-corrected chi connectivity index (χ1v) is 10.5. The van der Waals surface area contributed by atoms with Crippen molar-refractivity contribution in [2.45, 2.75) is 32.2 Å². The van der Waals surface area contributed by atoms with Gasteiger partial charge in [-0.15, -0.1) is 34.2 Å². The molecule has 2 amide bonds. The van der Waals surface area contributed by atoms with Gasteiger partial charge >= 0.3 is 0 Å². The van der Waals surface area contributed by atoms with Crippen LogP contribution in [0.2, 0.25) is 0 Å². The fraction of sp³-hybridized carbons (Fsp3) is 0.650. The Labute approximate surface area is 193 Å². The number of guanidine groups is 1. The van der Waals surface area contributed by atoms with Gasteiger partial charge in [0.05, 0.1) is 11.8 Å². The van der Waals surface area contributed by atoms with Gasteiger partial charge in [0.1, 0.15) is 12.7 Å². The number of unbranched alkanes of at least 4 members (excludes halogenated alkanes) is 1. The number of aromatic nitrogens is 3. The summed E-state index contributed by atoms with van der Waals surface area (Å²) in [6.07, 6.45) is 11.4. The molecule has 3 aliphatic rings. The topological polar surface area (TPSA) is 105 Å². The fourth-order valence-electron chi connectivity index (χ4n) is 4.81. The number of imide groups is 1. The highest BCUT2D eigenvalue weighted by molar-refractivity contribution is 14.0. The van der Waals surface area contributed by atoms with E-state index in [9.17, 15) is 9.59 Å². The number of halogens is 1. The second-order valence-corrected chi connectivity index (χ2v) is 8.01. The third-order valence-corrected chi connectivity index (χ3v) is 6.24. The highest BCUT2D eigenvalue weighted by Gasteiger charge is 2.58. The van der Waals surface area contributed by atoms with Crippen molar-refractivity contribution < 1.29 is 9.59 Å². The largest absolute Gasteiger partial charge is 0.356 e. The maximum absolute atomic E-state index is 12.7. The van der Waals surface area contributed by atoms with Gasteiger partial charge < -0.3 is 15.2 Å². The maximum Gasteiger partial charge on any atom is 0.233 e. The lowest BCUT2D eigenvalue weighted by molar-refractivity contribution is -0.140. The smallest absolute Gasteiger partial charge is 0.233 e. The van der Waals surface area contributed by atoms with Crippen molar-refractivity contribution in [3.8, 4) is 0 Å². The first-order valence-electron chi connectivity index (χ1n) is 10.5. The lowest BCUT2D eigenvalue weighted by Crippen LogP contribution is -2.40. The quantitative estimate of drug-likeness (QED) is 0.124. The molecule has 1 aliphatic heterocycles. The number of amides is 2. The van der Waals surface area contributed by atoms with E-state index in [-0.39, 0.29) is 59.5 Å². The molecule has 10 heteroatoms. The minimum absolute atomic E-state index is 0. The van der Waals surface area contributed by atoms with Crippen molar-refractivity contribution in [1.29, 1.82) is 0 Å². The molecule has 1 saturated carbocycles. The second kappa shape index (κ2) is 10.4. The van der Waals surface area contributed by atoms with E-state index in [1.54, 1.807) is 19.7 Å². The average molecular weight is 527 g/mol. The van der Waals surface area contributed by atoms with Gasteiger partial charge in [-0.25, -0.2) is 0 Å². The second-order valence-electron chi connectivity index (χ2n) is 8.01. The van der Waals surface area contributed by atoms with Crippen LogP contribution in [0.4, 0.5) is 0 Å². The Kier molecular flexibility index (Phi) is 7.84. The van der Waals surface area contributed by atoms with E-state index < -0.39 is 0 Å². The summed E-state index contributed by atoms with van der Waals surface area (Å²) < 4.78 is 1.96. The van der Waals surface area contributed by atoms with E-state index in [0.29, 0.717) is 19.5 Å². The van der Waals surface area contributed by atoms with Crippen molar-refractivity contribution in [2.75, 3.05) is 26.7 Å². The van der Waals surface area contributed by atoms with Gasteiger partial charge in [-0.1, -0.05) is 12.2 Å². The molecule has 1 aromatic heterocycles. The zero-order valence-electron chi connectivity index (χ0n) is 17.2. The van der Waals surface area contributed by atoms with Crippen LogP contribution in [0.3, 0.4) is 0 Å². The zero-order valence-corrected chi connectivity index (χ0v) is 19.6. The van der Waals surface area contributed by atoms with Crippen LogP contribution in [-0.4, -0.2) is 64.1 Å². The summed E-state index contributed by atoms with van der Waals surface area (Å²) in [5.74, 6) is 1.17. The Bertz CT molecular complexity index is 765. The van der Waals surface area contributed by atoms with Crippen molar-refractivity contribution in [2.24, 2.45) is 28.7 Å². The number of allylic oxidation sites excluding steroid dienone is 2. The van der Waals surface area contributed by atoms with Crippen LogP contribution in [0.25, 0.3) is 0 Å². The van der Waals surface area contributed by atoms with E-state index in [1.165, 1.54) is 4.90 Å². The molecule has 0 radical (unpaired) electrons. The number of likely N-dealkylation sites (tertiary alicyclic amines) is 1. The lowest BCUT2D eigenvalue weighted by atomic mass is 9.85. The fourth-order valence-corrected chi connectivity index (χ4v) is 4.81. The Morgan fingerprint density at radius 2 is 1.60 bits per heavy atom. The molecule has 2 fully saturated rings. The number of aliphatic imine (C=N–C) groups is 1. The van der Waals surface area contributed by atoms with Crippen molar-refractivity contribution in [3.63, 3.8) is 0 Å². The van der Waals surface area contributed by atoms with Crippen molar-refractivity contribution >= 4 is 41.8 Å². The Balaban J connectivity index is 0.00000256. The number of hydrogen-bond acceptors (Lipinski definition) is 5. The highest BCUT2D eigenvalue weighted by Crippen LogP contribution is 2.52. The summed E-state index contributed by atoms with van der Waals surface area (Å²) in [7, 11) is 1.74. The molecule has 2 bridgehead atoms. The molecule has 0 aromatic carbocycles. The third kappa shape index (κ3) is 4.68. The van der Waals surface area contributed by atoms with E-state index in [0.717, 1.165) is 38.3 Å². The zero-order chi connectivity index (χ0) is 20.2. The van der Waals surface area contributed by atoms with Crippen LogP contribution >= 0.6 is 24.0 Å². The monoisotopic (exact) mass is 527 g/mol. The van der Waals surface area contributed by atoms with Crippen LogP contribution in [0.1, 0.15) is 25.7 Å². The van der Waals surface area contributed by atoms with Crippen LogP contribution in [0, 0.1) is 23.7 Å². The number of rotatable bonds is 9. The molecule has 4 rings (SSSR count). The molecule has 164 valence electrons. The molecule has 4 atom stereocenters. The summed E-state index contributed by atoms with van der Waals surface area (Å²) in [4.78, 5) is 31.0. The van der Waals surface area contributed by atoms with Crippen LogP contribution in [0.15, 0.2) is 29.8 Å². The Hall–Kier alpha value is -1.98. The van der Waals surface area contributed by atoms with Crippen LogP contribution in [-0.2, 0) is 16.1 Å². The normalized spacial score (nSPS) is 26.8. The van der Waals surface area contributed by atoms with E-state index >= 15 is 0 Å². The minimum atomic E-state index is -0.0991. The predicted molar refractivity (Wildman–Crippen MR) is 123 cm³/mol. The Morgan fingerprint density at radius 1 is 1.00 bits per heavy atom. The molecule has 1 aromatic rings. The summed E-state index contributed by atoms with van der Waals surface area (Å²) in [5, 5.41) is 14.1. The van der Waals surface area contributed by atoms with Crippen LogP contribution in [0.5, 0.6) is 0 Å². The standard InChI is InChI=1S/C20H29N7O2.HI/c1-21-20(22-7-2-3-9-26-12-24-25-13-26)23-8-4-10-27-18(28)16-14-5-6-15(11-14)17(16)19(27)29;/h5-6,12-17H,2-4,7-11H2,1H3,(H2,21,22,23);1H. The highest BCUT2D eigenvalue weighted by atomic mass is 127. The van der Waals surface area contributed by atoms with E-state index in [1.807, 2.05) is 4.57 Å². The molecule has 2 N–H and O–H groups in total. The molecule has 0 spiro atoms. The summed E-state index contributed by atoms with van der Waals surface area (Å²) in [6.45, 7) is 2.87. The third-order valence-electron chi connectivity index (χ3n) is 6.24. The SMILES string of the molecule is CN=C(NCCCCn1cnnc1)NCCCN1C(=O)C2C3C=CC(C3)C2C1=O.I. The molecule has 1 saturated heterocycles. The van der Waals surface area contributed by atoms with Gasteiger partial charge in [0, 0.05) is 33.2 Å². The molecule has 30 heavy (non-hydrogen) atoms. The van der Waals surface area contributed by atoms with Crippen molar-refractivity contribution in [3.05, 3.63) is 24.8 Å². The predicted octanol–water partition coefficient (Wildman–Crippen LogP) is 1.04. The molecule has 9 nitrogen and oxygen atoms in total. The van der Waals surface area contributed by atoms with Crippen LogP contribution < -0.4 is 10.6 Å². The number of nitrogens with one attached hydrogen (secondary N) is 2. The maximum atomic E-state index is 12.7.